The van der Waals surface area contributed by atoms with Gasteiger partial charge in [0.2, 0.25) is 5.91 Å². The van der Waals surface area contributed by atoms with Crippen molar-refractivity contribution in [1.82, 2.24) is 10.6 Å². The van der Waals surface area contributed by atoms with Gasteiger partial charge >= 0.3 is 0 Å². The molecule has 3 heteroatoms. The SMILES string of the molecule is O=C(CCCc1ccccc1)NCc1ccc2c(c1)CNC2. The second-order valence-corrected chi connectivity index (χ2v) is 5.82. The van der Waals surface area contributed by atoms with Gasteiger partial charge in [-0.15, -0.1) is 0 Å². The van der Waals surface area contributed by atoms with E-state index in [9.17, 15) is 4.79 Å². The van der Waals surface area contributed by atoms with E-state index in [1.165, 1.54) is 22.3 Å². The third kappa shape index (κ3) is 3.95. The molecule has 0 spiro atoms. The molecule has 1 aliphatic rings. The maximum atomic E-state index is 11.9. The minimum absolute atomic E-state index is 0.134. The first-order valence-electron chi connectivity index (χ1n) is 7.93. The predicted molar refractivity (Wildman–Crippen MR) is 88.2 cm³/mol. The van der Waals surface area contributed by atoms with E-state index in [0.717, 1.165) is 25.9 Å². The van der Waals surface area contributed by atoms with Crippen molar-refractivity contribution >= 4 is 5.91 Å². The van der Waals surface area contributed by atoms with Crippen LogP contribution in [0, 0.1) is 0 Å². The van der Waals surface area contributed by atoms with Crippen molar-refractivity contribution in [2.45, 2.75) is 38.9 Å². The number of carbonyl (C=O) groups is 1. The molecule has 22 heavy (non-hydrogen) atoms. The maximum Gasteiger partial charge on any atom is 0.220 e. The van der Waals surface area contributed by atoms with Gasteiger partial charge < -0.3 is 10.6 Å². The zero-order chi connectivity index (χ0) is 15.2. The molecule has 1 aliphatic heterocycles. The van der Waals surface area contributed by atoms with Gasteiger partial charge in [-0.05, 0) is 35.1 Å². The zero-order valence-electron chi connectivity index (χ0n) is 12.8. The van der Waals surface area contributed by atoms with E-state index >= 15 is 0 Å². The van der Waals surface area contributed by atoms with Crippen LogP contribution in [0.4, 0.5) is 0 Å². The summed E-state index contributed by atoms with van der Waals surface area (Å²) >= 11 is 0. The summed E-state index contributed by atoms with van der Waals surface area (Å²) in [7, 11) is 0. The molecule has 0 aliphatic carbocycles. The lowest BCUT2D eigenvalue weighted by Gasteiger charge is -2.07. The van der Waals surface area contributed by atoms with E-state index < -0.39 is 0 Å². The molecule has 0 saturated carbocycles. The Morgan fingerprint density at radius 2 is 1.82 bits per heavy atom. The number of benzene rings is 2. The average Bonchev–Trinajstić information content (AvgIpc) is 3.01. The van der Waals surface area contributed by atoms with Crippen LogP contribution in [-0.2, 0) is 30.8 Å². The summed E-state index contributed by atoms with van der Waals surface area (Å²) in [6, 6.07) is 16.8. The van der Waals surface area contributed by atoms with Crippen molar-refractivity contribution in [3.63, 3.8) is 0 Å². The van der Waals surface area contributed by atoms with Gasteiger partial charge in [0, 0.05) is 26.1 Å². The van der Waals surface area contributed by atoms with Crippen LogP contribution >= 0.6 is 0 Å². The van der Waals surface area contributed by atoms with Crippen LogP contribution in [0.1, 0.15) is 35.1 Å². The lowest BCUT2D eigenvalue weighted by atomic mass is 10.1. The molecule has 3 nitrogen and oxygen atoms in total. The fraction of sp³-hybridized carbons (Fsp3) is 0.316. The molecule has 1 heterocycles. The van der Waals surface area contributed by atoms with Crippen LogP contribution in [-0.4, -0.2) is 5.91 Å². The van der Waals surface area contributed by atoms with Crippen molar-refractivity contribution in [3.8, 4) is 0 Å². The molecule has 3 rings (SSSR count). The highest BCUT2D eigenvalue weighted by Gasteiger charge is 2.10. The third-order valence-corrected chi connectivity index (χ3v) is 4.10. The molecule has 0 saturated heterocycles. The summed E-state index contributed by atoms with van der Waals surface area (Å²) in [4.78, 5) is 11.9. The van der Waals surface area contributed by atoms with E-state index in [-0.39, 0.29) is 5.91 Å². The number of carbonyl (C=O) groups excluding carboxylic acids is 1. The molecule has 2 aromatic rings. The Morgan fingerprint density at radius 3 is 2.68 bits per heavy atom. The van der Waals surface area contributed by atoms with Gasteiger partial charge in [-0.25, -0.2) is 0 Å². The molecule has 0 atom stereocenters. The molecule has 1 amide bonds. The number of fused-ring (bicyclic) bond motifs is 1. The molecule has 0 unspecified atom stereocenters. The van der Waals surface area contributed by atoms with Gasteiger partial charge in [-0.1, -0.05) is 48.5 Å². The molecule has 0 bridgehead atoms. The number of nitrogens with one attached hydrogen (secondary N) is 2. The summed E-state index contributed by atoms with van der Waals surface area (Å²) in [5.74, 6) is 0.134. The van der Waals surface area contributed by atoms with Crippen molar-refractivity contribution in [1.29, 1.82) is 0 Å². The summed E-state index contributed by atoms with van der Waals surface area (Å²) in [5.41, 5.74) is 5.20. The predicted octanol–water partition coefficient (Wildman–Crippen LogP) is 2.93. The quantitative estimate of drug-likeness (QED) is 0.860. The molecule has 114 valence electrons. The van der Waals surface area contributed by atoms with Crippen molar-refractivity contribution in [3.05, 3.63) is 70.8 Å². The topological polar surface area (TPSA) is 41.1 Å². The van der Waals surface area contributed by atoms with E-state index in [4.69, 9.17) is 0 Å². The minimum atomic E-state index is 0.134. The second-order valence-electron chi connectivity index (χ2n) is 5.82. The van der Waals surface area contributed by atoms with Gasteiger partial charge in [-0.3, -0.25) is 4.79 Å². The highest BCUT2D eigenvalue weighted by Crippen LogP contribution is 2.16. The molecule has 2 N–H and O–H groups in total. The number of aryl methyl sites for hydroxylation is 1. The zero-order valence-corrected chi connectivity index (χ0v) is 12.8. The van der Waals surface area contributed by atoms with Gasteiger partial charge in [0.1, 0.15) is 0 Å². The first-order chi connectivity index (χ1) is 10.8. The maximum absolute atomic E-state index is 11.9. The fourth-order valence-corrected chi connectivity index (χ4v) is 2.84. The molecular weight excluding hydrogens is 272 g/mol. The standard InChI is InChI=1S/C19H22N2O/c22-19(8-4-7-15-5-2-1-3-6-15)21-12-16-9-10-17-13-20-14-18(17)11-16/h1-3,5-6,9-11,20H,4,7-8,12-14H2,(H,21,22). The summed E-state index contributed by atoms with van der Waals surface area (Å²) in [6.45, 7) is 2.52. The van der Waals surface area contributed by atoms with E-state index in [0.29, 0.717) is 13.0 Å². The Hall–Kier alpha value is -2.13. The van der Waals surface area contributed by atoms with Crippen molar-refractivity contribution in [2.24, 2.45) is 0 Å². The highest BCUT2D eigenvalue weighted by molar-refractivity contribution is 5.75. The number of hydrogen-bond donors (Lipinski definition) is 2. The first-order valence-corrected chi connectivity index (χ1v) is 7.93. The van der Waals surface area contributed by atoms with Gasteiger partial charge in [0.15, 0.2) is 0 Å². The Bertz CT molecular complexity index is 637. The monoisotopic (exact) mass is 294 g/mol. The smallest absolute Gasteiger partial charge is 0.220 e. The lowest BCUT2D eigenvalue weighted by molar-refractivity contribution is -0.121. The average molecular weight is 294 g/mol. The largest absolute Gasteiger partial charge is 0.352 e. The van der Waals surface area contributed by atoms with E-state index in [1.807, 2.05) is 18.2 Å². The highest BCUT2D eigenvalue weighted by atomic mass is 16.1. The third-order valence-electron chi connectivity index (χ3n) is 4.10. The van der Waals surface area contributed by atoms with Crippen LogP contribution in [0.25, 0.3) is 0 Å². The number of hydrogen-bond acceptors (Lipinski definition) is 2. The first kappa shape index (κ1) is 14.8. The molecular formula is C19H22N2O. The minimum Gasteiger partial charge on any atom is -0.352 e. The van der Waals surface area contributed by atoms with E-state index in [2.05, 4.69) is 41.0 Å². The van der Waals surface area contributed by atoms with Crippen LogP contribution in [0.2, 0.25) is 0 Å². The van der Waals surface area contributed by atoms with Crippen LogP contribution in [0.3, 0.4) is 0 Å². The molecule has 0 fully saturated rings. The van der Waals surface area contributed by atoms with Crippen LogP contribution < -0.4 is 10.6 Å². The van der Waals surface area contributed by atoms with Gasteiger partial charge in [0.05, 0.1) is 0 Å². The fourth-order valence-electron chi connectivity index (χ4n) is 2.84. The van der Waals surface area contributed by atoms with Crippen LogP contribution in [0.15, 0.2) is 48.5 Å². The Kier molecular flexibility index (Phi) is 4.86. The van der Waals surface area contributed by atoms with Gasteiger partial charge in [-0.2, -0.15) is 0 Å². The number of rotatable bonds is 6. The molecule has 0 radical (unpaired) electrons. The summed E-state index contributed by atoms with van der Waals surface area (Å²) < 4.78 is 0. The molecule has 2 aromatic carbocycles. The van der Waals surface area contributed by atoms with Crippen molar-refractivity contribution < 1.29 is 4.79 Å². The number of amides is 1. The van der Waals surface area contributed by atoms with Crippen molar-refractivity contribution in [2.75, 3.05) is 0 Å². The Morgan fingerprint density at radius 1 is 1.00 bits per heavy atom. The van der Waals surface area contributed by atoms with Gasteiger partial charge in [0.25, 0.3) is 0 Å². The van der Waals surface area contributed by atoms with E-state index in [1.54, 1.807) is 0 Å². The molecule has 0 aromatic heterocycles. The Balaban J connectivity index is 1.41. The second kappa shape index (κ2) is 7.23. The summed E-state index contributed by atoms with van der Waals surface area (Å²) in [5, 5.41) is 6.35. The van der Waals surface area contributed by atoms with Crippen LogP contribution in [0.5, 0.6) is 0 Å². The lowest BCUT2D eigenvalue weighted by Crippen LogP contribution is -2.22. The normalized spacial score (nSPS) is 12.9. The summed E-state index contributed by atoms with van der Waals surface area (Å²) in [6.07, 6.45) is 2.43. The Labute approximate surface area is 131 Å².